The zero-order valence-electron chi connectivity index (χ0n) is 13.0. The third-order valence-electron chi connectivity index (χ3n) is 5.56. The summed E-state index contributed by atoms with van der Waals surface area (Å²) in [6, 6.07) is 0.573. The summed E-state index contributed by atoms with van der Waals surface area (Å²) in [6.07, 6.45) is 15.3. The molecular weight excluding hydrogens is 264 g/mol. The Hall–Kier alpha value is -0.180. The molecule has 3 heteroatoms. The molecule has 2 nitrogen and oxygen atoms in total. The highest BCUT2D eigenvalue weighted by Crippen LogP contribution is 2.37. The fourth-order valence-corrected chi connectivity index (χ4v) is 5.54. The lowest BCUT2D eigenvalue weighted by atomic mass is 9.83. The van der Waals surface area contributed by atoms with Gasteiger partial charge in [-0.2, -0.15) is 0 Å². The highest BCUT2D eigenvalue weighted by Gasteiger charge is 2.38. The molecule has 1 heterocycles. The van der Waals surface area contributed by atoms with Crippen molar-refractivity contribution in [2.45, 2.75) is 89.1 Å². The van der Waals surface area contributed by atoms with Crippen LogP contribution in [0.2, 0.25) is 0 Å². The van der Waals surface area contributed by atoms with Crippen LogP contribution in [-0.4, -0.2) is 22.5 Å². The van der Waals surface area contributed by atoms with Gasteiger partial charge in [0.1, 0.15) is 0 Å². The standard InChI is InChI=1S/C17H30N2S/c1-2-15(14-9-5-3-6-10-14)18-16-19-17(13-20-16)11-7-4-8-12-17/h14-15H,2-13H2,1H3,(H,18,19). The smallest absolute Gasteiger partial charge is 0.157 e. The molecule has 20 heavy (non-hydrogen) atoms. The van der Waals surface area contributed by atoms with Crippen molar-refractivity contribution in [1.82, 2.24) is 5.32 Å². The Morgan fingerprint density at radius 3 is 2.55 bits per heavy atom. The lowest BCUT2D eigenvalue weighted by Gasteiger charge is -2.33. The maximum atomic E-state index is 5.14. The van der Waals surface area contributed by atoms with Crippen molar-refractivity contribution in [2.24, 2.45) is 10.9 Å². The van der Waals surface area contributed by atoms with Gasteiger partial charge in [0, 0.05) is 11.3 Å². The fourth-order valence-electron chi connectivity index (χ4n) is 4.27. The maximum Gasteiger partial charge on any atom is 0.157 e. The van der Waals surface area contributed by atoms with Gasteiger partial charge in [-0.15, -0.1) is 0 Å². The first-order valence-electron chi connectivity index (χ1n) is 8.80. The number of hydrogen-bond acceptors (Lipinski definition) is 2. The minimum Gasteiger partial charge on any atom is -0.359 e. The number of nitrogens with zero attached hydrogens (tertiary/aromatic N) is 1. The van der Waals surface area contributed by atoms with E-state index < -0.39 is 0 Å². The van der Waals surface area contributed by atoms with E-state index >= 15 is 0 Å². The van der Waals surface area contributed by atoms with Gasteiger partial charge in [0.25, 0.3) is 0 Å². The van der Waals surface area contributed by atoms with Crippen LogP contribution in [0.1, 0.15) is 77.6 Å². The van der Waals surface area contributed by atoms with Crippen LogP contribution in [0.25, 0.3) is 0 Å². The minimum atomic E-state index is 0.409. The van der Waals surface area contributed by atoms with Crippen molar-refractivity contribution in [3.05, 3.63) is 0 Å². The Labute approximate surface area is 128 Å². The molecule has 114 valence electrons. The van der Waals surface area contributed by atoms with Crippen molar-refractivity contribution >= 4 is 16.9 Å². The van der Waals surface area contributed by atoms with Crippen LogP contribution >= 0.6 is 11.8 Å². The summed E-state index contributed by atoms with van der Waals surface area (Å²) in [4.78, 5) is 5.14. The summed E-state index contributed by atoms with van der Waals surface area (Å²) in [5, 5.41) is 5.09. The van der Waals surface area contributed by atoms with Gasteiger partial charge in [0.05, 0.1) is 6.04 Å². The van der Waals surface area contributed by atoms with Gasteiger partial charge in [-0.25, -0.2) is 0 Å². The van der Waals surface area contributed by atoms with E-state index in [4.69, 9.17) is 4.99 Å². The third-order valence-corrected chi connectivity index (χ3v) is 6.74. The molecule has 3 fully saturated rings. The fraction of sp³-hybridized carbons (Fsp3) is 0.941. The van der Waals surface area contributed by atoms with Crippen molar-refractivity contribution < 1.29 is 0 Å². The predicted molar refractivity (Wildman–Crippen MR) is 89.5 cm³/mol. The first-order chi connectivity index (χ1) is 9.81. The molecule has 3 aliphatic rings. The molecule has 1 unspecified atom stereocenters. The van der Waals surface area contributed by atoms with E-state index in [0.717, 1.165) is 5.92 Å². The third kappa shape index (κ3) is 3.35. The van der Waals surface area contributed by atoms with Gasteiger partial charge in [0.2, 0.25) is 0 Å². The van der Waals surface area contributed by atoms with Crippen LogP contribution in [0.4, 0.5) is 0 Å². The molecule has 2 aliphatic carbocycles. The molecule has 2 saturated carbocycles. The second-order valence-corrected chi connectivity index (χ2v) is 8.03. The van der Waals surface area contributed by atoms with Crippen LogP contribution < -0.4 is 5.32 Å². The predicted octanol–water partition coefficient (Wildman–Crippen LogP) is 4.74. The lowest BCUT2D eigenvalue weighted by molar-refractivity contribution is 0.294. The van der Waals surface area contributed by atoms with Gasteiger partial charge in [-0.05, 0) is 38.0 Å². The van der Waals surface area contributed by atoms with Crippen molar-refractivity contribution in [3.8, 4) is 0 Å². The topological polar surface area (TPSA) is 24.4 Å². The van der Waals surface area contributed by atoms with E-state index in [9.17, 15) is 0 Å². The molecule has 1 N–H and O–H groups in total. The summed E-state index contributed by atoms with van der Waals surface area (Å²) in [5.41, 5.74) is 0.409. The van der Waals surface area contributed by atoms with E-state index in [1.54, 1.807) is 0 Å². The Morgan fingerprint density at radius 1 is 1.15 bits per heavy atom. The summed E-state index contributed by atoms with van der Waals surface area (Å²) >= 11 is 1.99. The van der Waals surface area contributed by atoms with Crippen LogP contribution in [0.15, 0.2) is 4.99 Å². The van der Waals surface area contributed by atoms with Crippen LogP contribution in [-0.2, 0) is 0 Å². The molecule has 0 aromatic carbocycles. The van der Waals surface area contributed by atoms with E-state index in [2.05, 4.69) is 12.2 Å². The first-order valence-corrected chi connectivity index (χ1v) is 9.79. The number of nitrogens with one attached hydrogen (secondary N) is 1. The maximum absolute atomic E-state index is 5.14. The SMILES string of the molecule is CCC(N=C1NC2(CCCCC2)CS1)C1CCCCC1. The zero-order valence-corrected chi connectivity index (χ0v) is 13.8. The van der Waals surface area contributed by atoms with E-state index in [-0.39, 0.29) is 0 Å². The van der Waals surface area contributed by atoms with Crippen molar-refractivity contribution in [3.63, 3.8) is 0 Å². The molecule has 1 saturated heterocycles. The second kappa shape index (κ2) is 6.72. The van der Waals surface area contributed by atoms with Crippen molar-refractivity contribution in [1.29, 1.82) is 0 Å². The number of thioether (sulfide) groups is 1. The molecular formula is C17H30N2S. The minimum absolute atomic E-state index is 0.409. The van der Waals surface area contributed by atoms with Crippen LogP contribution in [0.3, 0.4) is 0 Å². The normalized spacial score (nSPS) is 30.6. The highest BCUT2D eigenvalue weighted by atomic mass is 32.2. The quantitative estimate of drug-likeness (QED) is 0.813. The monoisotopic (exact) mass is 294 g/mol. The Kier molecular flexibility index (Phi) is 4.95. The molecule has 1 aliphatic heterocycles. The number of hydrogen-bond donors (Lipinski definition) is 1. The molecule has 0 aromatic heterocycles. The molecule has 1 spiro atoms. The molecule has 0 bridgehead atoms. The molecule has 0 amide bonds. The first kappa shape index (κ1) is 14.7. The second-order valence-electron chi connectivity index (χ2n) is 7.06. The van der Waals surface area contributed by atoms with E-state index in [0.29, 0.717) is 11.6 Å². The van der Waals surface area contributed by atoms with E-state index in [1.165, 1.54) is 81.5 Å². The Balaban J connectivity index is 1.62. The van der Waals surface area contributed by atoms with Crippen molar-refractivity contribution in [2.75, 3.05) is 5.75 Å². The van der Waals surface area contributed by atoms with E-state index in [1.807, 2.05) is 11.8 Å². The average Bonchev–Trinajstić information content (AvgIpc) is 2.89. The molecule has 0 aromatic rings. The molecule has 0 radical (unpaired) electrons. The Bertz CT molecular complexity index is 341. The molecule has 3 rings (SSSR count). The number of aliphatic imine (C=N–C) groups is 1. The lowest BCUT2D eigenvalue weighted by Crippen LogP contribution is -2.45. The van der Waals surface area contributed by atoms with Gasteiger partial charge in [0.15, 0.2) is 5.17 Å². The van der Waals surface area contributed by atoms with Crippen LogP contribution in [0.5, 0.6) is 0 Å². The summed E-state index contributed by atoms with van der Waals surface area (Å²) < 4.78 is 0. The molecule has 1 atom stereocenters. The largest absolute Gasteiger partial charge is 0.359 e. The van der Waals surface area contributed by atoms with Gasteiger partial charge < -0.3 is 5.32 Å². The van der Waals surface area contributed by atoms with Gasteiger partial charge >= 0.3 is 0 Å². The average molecular weight is 295 g/mol. The number of amidine groups is 1. The summed E-state index contributed by atoms with van der Waals surface area (Å²) in [5.74, 6) is 2.11. The zero-order chi connectivity index (χ0) is 13.8. The van der Waals surface area contributed by atoms with Gasteiger partial charge in [-0.3, -0.25) is 4.99 Å². The summed E-state index contributed by atoms with van der Waals surface area (Å²) in [7, 11) is 0. The highest BCUT2D eigenvalue weighted by molar-refractivity contribution is 8.14. The number of rotatable bonds is 3. The van der Waals surface area contributed by atoms with Gasteiger partial charge in [-0.1, -0.05) is 57.2 Å². The Morgan fingerprint density at radius 2 is 1.85 bits per heavy atom. The summed E-state index contributed by atoms with van der Waals surface area (Å²) in [6.45, 7) is 2.32. The van der Waals surface area contributed by atoms with Crippen LogP contribution in [0, 0.1) is 5.92 Å².